The molecule has 0 bridgehead atoms. The Labute approximate surface area is 159 Å². The number of hydrogen-bond acceptors (Lipinski definition) is 2. The van der Waals surface area contributed by atoms with Crippen molar-refractivity contribution in [3.05, 3.63) is 63.7 Å². The van der Waals surface area contributed by atoms with Crippen LogP contribution in [0.1, 0.15) is 45.8 Å². The highest BCUT2D eigenvalue weighted by molar-refractivity contribution is 6.04. The number of nitrogens with one attached hydrogen (secondary N) is 1. The summed E-state index contributed by atoms with van der Waals surface area (Å²) in [7, 11) is 0. The molecule has 10 heteroatoms. The van der Waals surface area contributed by atoms with Gasteiger partial charge in [-0.05, 0) is 18.9 Å². The van der Waals surface area contributed by atoms with Crippen molar-refractivity contribution in [2.45, 2.75) is 31.9 Å². The minimum absolute atomic E-state index is 0.0457. The minimum atomic E-state index is -5.68. The number of carbonyl (C=O) groups is 2. The van der Waals surface area contributed by atoms with Crippen molar-refractivity contribution < 1.29 is 40.3 Å². The maximum absolute atomic E-state index is 14.0. The van der Waals surface area contributed by atoms with E-state index < -0.39 is 52.5 Å². The standard InChI is InChI=1S/C19H12F7NO2/c1-7-2-3-8-10(6-7)9(4-5-11(8)28)18(29)27-17-15(22)13(20)12(19(24,25)26)14(21)16(17)23/h2-3,6,9H,4-5H2,1H3,(H,27,29). The third kappa shape index (κ3) is 3.58. The largest absolute Gasteiger partial charge is 0.422 e. The van der Waals surface area contributed by atoms with Crippen LogP contribution in [0.2, 0.25) is 0 Å². The molecular formula is C19H12F7NO2. The lowest BCUT2D eigenvalue weighted by Gasteiger charge is -2.25. The van der Waals surface area contributed by atoms with Crippen LogP contribution in [0.4, 0.5) is 36.4 Å². The highest BCUT2D eigenvalue weighted by Crippen LogP contribution is 2.39. The number of benzene rings is 2. The Morgan fingerprint density at radius 2 is 1.62 bits per heavy atom. The van der Waals surface area contributed by atoms with Crippen molar-refractivity contribution in [1.29, 1.82) is 0 Å². The van der Waals surface area contributed by atoms with Gasteiger partial charge in [-0.15, -0.1) is 0 Å². The van der Waals surface area contributed by atoms with E-state index in [-0.39, 0.29) is 29.8 Å². The van der Waals surface area contributed by atoms with Crippen LogP contribution in [0.15, 0.2) is 18.2 Å². The van der Waals surface area contributed by atoms with Gasteiger partial charge in [-0.25, -0.2) is 17.6 Å². The van der Waals surface area contributed by atoms with Crippen molar-refractivity contribution in [1.82, 2.24) is 0 Å². The highest BCUT2D eigenvalue weighted by atomic mass is 19.4. The maximum atomic E-state index is 14.0. The molecule has 2 aromatic carbocycles. The van der Waals surface area contributed by atoms with E-state index in [4.69, 9.17) is 0 Å². The molecule has 3 nitrogen and oxygen atoms in total. The first-order chi connectivity index (χ1) is 13.4. The zero-order chi connectivity index (χ0) is 21.7. The summed E-state index contributed by atoms with van der Waals surface area (Å²) >= 11 is 0. The molecule has 2 aromatic rings. The summed E-state index contributed by atoms with van der Waals surface area (Å²) in [6, 6.07) is 4.61. The van der Waals surface area contributed by atoms with E-state index in [0.717, 1.165) is 0 Å². The number of ketones is 1. The Hall–Kier alpha value is -2.91. The number of anilines is 1. The molecular weight excluding hydrogens is 407 g/mol. The van der Waals surface area contributed by atoms with Crippen LogP contribution in [0.25, 0.3) is 0 Å². The first-order valence-corrected chi connectivity index (χ1v) is 8.31. The molecule has 154 valence electrons. The number of Topliss-reactive ketones (excluding diaryl/α,β-unsaturated/α-hetero) is 1. The molecule has 1 aliphatic carbocycles. The van der Waals surface area contributed by atoms with Crippen molar-refractivity contribution in [3.8, 4) is 0 Å². The topological polar surface area (TPSA) is 46.2 Å². The van der Waals surface area contributed by atoms with Gasteiger partial charge < -0.3 is 5.32 Å². The summed E-state index contributed by atoms with van der Waals surface area (Å²) in [4.78, 5) is 24.5. The molecule has 29 heavy (non-hydrogen) atoms. The van der Waals surface area contributed by atoms with Crippen molar-refractivity contribution >= 4 is 17.4 Å². The molecule has 0 radical (unpaired) electrons. The number of rotatable bonds is 2. The molecule has 0 aliphatic heterocycles. The van der Waals surface area contributed by atoms with Crippen LogP contribution < -0.4 is 5.32 Å². The summed E-state index contributed by atoms with van der Waals surface area (Å²) in [6.07, 6.45) is -5.79. The molecule has 1 amide bonds. The molecule has 0 fully saturated rings. The molecule has 0 saturated carbocycles. The van der Waals surface area contributed by atoms with Crippen LogP contribution in [-0.2, 0) is 11.0 Å². The van der Waals surface area contributed by atoms with Crippen LogP contribution in [0.3, 0.4) is 0 Å². The highest BCUT2D eigenvalue weighted by Gasteiger charge is 2.43. The quantitative estimate of drug-likeness (QED) is 0.533. The minimum Gasteiger partial charge on any atom is -0.320 e. The fourth-order valence-electron chi connectivity index (χ4n) is 3.26. The van der Waals surface area contributed by atoms with Crippen LogP contribution in [0.5, 0.6) is 0 Å². The van der Waals surface area contributed by atoms with Gasteiger partial charge in [0, 0.05) is 12.0 Å². The fourth-order valence-corrected chi connectivity index (χ4v) is 3.26. The molecule has 1 N–H and O–H groups in total. The summed E-state index contributed by atoms with van der Waals surface area (Å²) in [6.45, 7) is 1.67. The summed E-state index contributed by atoms with van der Waals surface area (Å²) in [5.41, 5.74) is -3.24. The molecule has 3 rings (SSSR count). The molecule has 0 aromatic heterocycles. The second-order valence-electron chi connectivity index (χ2n) is 6.60. The third-order valence-corrected chi connectivity index (χ3v) is 4.65. The Morgan fingerprint density at radius 1 is 1.03 bits per heavy atom. The van der Waals surface area contributed by atoms with Gasteiger partial charge in [0.2, 0.25) is 5.91 Å². The lowest BCUT2D eigenvalue weighted by Crippen LogP contribution is -2.28. The Balaban J connectivity index is 2.02. The van der Waals surface area contributed by atoms with Crippen LogP contribution >= 0.6 is 0 Å². The van der Waals surface area contributed by atoms with Gasteiger partial charge in [0.05, 0.1) is 5.92 Å². The number of amides is 1. The zero-order valence-corrected chi connectivity index (χ0v) is 14.7. The van der Waals surface area contributed by atoms with Crippen LogP contribution in [-0.4, -0.2) is 11.7 Å². The second-order valence-corrected chi connectivity index (χ2v) is 6.60. The van der Waals surface area contributed by atoms with Gasteiger partial charge in [-0.3, -0.25) is 9.59 Å². The van der Waals surface area contributed by atoms with Gasteiger partial charge in [0.25, 0.3) is 0 Å². The maximum Gasteiger partial charge on any atom is 0.422 e. The van der Waals surface area contributed by atoms with E-state index in [9.17, 15) is 40.3 Å². The zero-order valence-electron chi connectivity index (χ0n) is 14.7. The summed E-state index contributed by atoms with van der Waals surface area (Å²) in [5, 5.41) is 1.64. The Bertz CT molecular complexity index is 1000. The van der Waals surface area contributed by atoms with Gasteiger partial charge in [0.15, 0.2) is 29.1 Å². The summed E-state index contributed by atoms with van der Waals surface area (Å²) < 4.78 is 93.5. The lowest BCUT2D eigenvalue weighted by molar-refractivity contribution is -0.143. The number of fused-ring (bicyclic) bond motifs is 1. The number of hydrogen-bond donors (Lipinski definition) is 1. The van der Waals surface area contributed by atoms with E-state index in [1.165, 1.54) is 12.1 Å². The fraction of sp³-hybridized carbons (Fsp3) is 0.263. The molecule has 1 aliphatic rings. The molecule has 1 unspecified atom stereocenters. The van der Waals surface area contributed by atoms with E-state index >= 15 is 0 Å². The Kier molecular flexibility index (Phi) is 5.14. The van der Waals surface area contributed by atoms with Crippen molar-refractivity contribution in [2.75, 3.05) is 5.32 Å². The molecule has 0 spiro atoms. The van der Waals surface area contributed by atoms with Crippen molar-refractivity contribution in [3.63, 3.8) is 0 Å². The average molecular weight is 419 g/mol. The molecule has 0 heterocycles. The molecule has 1 atom stereocenters. The predicted molar refractivity (Wildman–Crippen MR) is 87.4 cm³/mol. The average Bonchev–Trinajstić information content (AvgIpc) is 2.62. The van der Waals surface area contributed by atoms with Gasteiger partial charge in [-0.1, -0.05) is 23.8 Å². The number of carbonyl (C=O) groups excluding carboxylic acids is 2. The lowest BCUT2D eigenvalue weighted by atomic mass is 9.81. The first-order valence-electron chi connectivity index (χ1n) is 8.31. The van der Waals surface area contributed by atoms with Gasteiger partial charge in [-0.2, -0.15) is 13.2 Å². The predicted octanol–water partition coefficient (Wildman–Crippen LogP) is 5.27. The summed E-state index contributed by atoms with van der Waals surface area (Å²) in [5.74, 6) is -12.5. The van der Waals surface area contributed by atoms with Crippen molar-refractivity contribution in [2.24, 2.45) is 0 Å². The first kappa shape index (κ1) is 20.8. The van der Waals surface area contributed by atoms with Crippen LogP contribution in [0, 0.1) is 30.2 Å². The second kappa shape index (κ2) is 7.16. The number of halogens is 7. The van der Waals surface area contributed by atoms with E-state index in [1.807, 2.05) is 0 Å². The number of alkyl halides is 3. The number of aryl methyl sites for hydroxylation is 1. The van der Waals surface area contributed by atoms with Gasteiger partial charge >= 0.3 is 6.18 Å². The normalized spacial score (nSPS) is 16.6. The van der Waals surface area contributed by atoms with Gasteiger partial charge in [0.1, 0.15) is 11.3 Å². The monoisotopic (exact) mass is 419 g/mol. The van der Waals surface area contributed by atoms with E-state index in [2.05, 4.69) is 0 Å². The third-order valence-electron chi connectivity index (χ3n) is 4.65. The smallest absolute Gasteiger partial charge is 0.320 e. The SMILES string of the molecule is Cc1ccc2c(c1)C(C(=O)Nc1c(F)c(F)c(C(F)(F)F)c(F)c1F)CCC2=O. The van der Waals surface area contributed by atoms with E-state index in [1.54, 1.807) is 18.3 Å². The Morgan fingerprint density at radius 3 is 2.17 bits per heavy atom. The van der Waals surface area contributed by atoms with E-state index in [0.29, 0.717) is 5.56 Å². The molecule has 0 saturated heterocycles.